The third kappa shape index (κ3) is 4.11. The number of carbonyl (C=O) groups excluding carboxylic acids is 1. The molecule has 1 atom stereocenters. The monoisotopic (exact) mass is 301 g/mol. The molecule has 5 heteroatoms. The van der Waals surface area contributed by atoms with Crippen LogP contribution in [0.15, 0.2) is 28.7 Å². The summed E-state index contributed by atoms with van der Waals surface area (Å²) in [5.41, 5.74) is 0.595. The number of halogens is 1. The first-order valence-electron chi connectivity index (χ1n) is 5.20. The smallest absolute Gasteiger partial charge is 0.251 e. The van der Waals surface area contributed by atoms with Crippen LogP contribution < -0.4 is 5.32 Å². The summed E-state index contributed by atoms with van der Waals surface area (Å²) in [7, 11) is 3.08. The zero-order valence-electron chi connectivity index (χ0n) is 10.1. The van der Waals surface area contributed by atoms with Gasteiger partial charge in [0.15, 0.2) is 6.29 Å². The standard InChI is InChI=1S/C12H16BrNO3/c1-8(12(16-2)17-3)14-11(15)9-5-4-6-10(13)7-9/h4-8,12H,1-3H3,(H,14,15). The molecule has 0 radical (unpaired) electrons. The predicted molar refractivity (Wildman–Crippen MR) is 68.9 cm³/mol. The highest BCUT2D eigenvalue weighted by Crippen LogP contribution is 2.12. The van der Waals surface area contributed by atoms with Crippen molar-refractivity contribution in [3.8, 4) is 0 Å². The first-order chi connectivity index (χ1) is 8.08. The lowest BCUT2D eigenvalue weighted by molar-refractivity contribution is -0.117. The van der Waals surface area contributed by atoms with Crippen LogP contribution in [0.1, 0.15) is 17.3 Å². The van der Waals surface area contributed by atoms with Gasteiger partial charge in [-0.15, -0.1) is 0 Å². The number of carbonyl (C=O) groups is 1. The summed E-state index contributed by atoms with van der Waals surface area (Å²) in [6, 6.07) is 6.97. The molecule has 1 amide bonds. The molecular formula is C12H16BrNO3. The van der Waals surface area contributed by atoms with E-state index in [-0.39, 0.29) is 11.9 Å². The second kappa shape index (κ2) is 6.74. The lowest BCUT2D eigenvalue weighted by Crippen LogP contribution is -2.42. The number of hydrogen-bond donors (Lipinski definition) is 1. The fraction of sp³-hybridized carbons (Fsp3) is 0.417. The van der Waals surface area contributed by atoms with Crippen LogP contribution in [0.4, 0.5) is 0 Å². The minimum Gasteiger partial charge on any atom is -0.354 e. The number of methoxy groups -OCH3 is 2. The van der Waals surface area contributed by atoms with E-state index in [2.05, 4.69) is 21.2 Å². The van der Waals surface area contributed by atoms with E-state index in [0.717, 1.165) is 4.47 Å². The van der Waals surface area contributed by atoms with Gasteiger partial charge in [0, 0.05) is 24.3 Å². The second-order valence-electron chi connectivity index (χ2n) is 3.61. The zero-order valence-corrected chi connectivity index (χ0v) is 11.7. The summed E-state index contributed by atoms with van der Waals surface area (Å²) in [4.78, 5) is 11.9. The number of amides is 1. The number of hydrogen-bond acceptors (Lipinski definition) is 3. The van der Waals surface area contributed by atoms with Crippen LogP contribution in [0.5, 0.6) is 0 Å². The van der Waals surface area contributed by atoms with Gasteiger partial charge in [-0.1, -0.05) is 22.0 Å². The molecule has 1 rings (SSSR count). The third-order valence-electron chi connectivity index (χ3n) is 2.32. The summed E-state index contributed by atoms with van der Waals surface area (Å²) in [5, 5.41) is 2.82. The van der Waals surface area contributed by atoms with Gasteiger partial charge in [-0.05, 0) is 25.1 Å². The third-order valence-corrected chi connectivity index (χ3v) is 2.81. The highest BCUT2D eigenvalue weighted by molar-refractivity contribution is 9.10. The molecule has 94 valence electrons. The van der Waals surface area contributed by atoms with Crippen molar-refractivity contribution in [2.24, 2.45) is 0 Å². The van der Waals surface area contributed by atoms with Gasteiger partial charge in [-0.3, -0.25) is 4.79 Å². The maximum absolute atomic E-state index is 11.9. The molecule has 0 aromatic heterocycles. The largest absolute Gasteiger partial charge is 0.354 e. The van der Waals surface area contributed by atoms with E-state index in [0.29, 0.717) is 5.56 Å². The molecule has 0 spiro atoms. The Hall–Kier alpha value is -0.910. The molecule has 0 bridgehead atoms. The Balaban J connectivity index is 2.66. The van der Waals surface area contributed by atoms with Gasteiger partial charge in [-0.2, -0.15) is 0 Å². The van der Waals surface area contributed by atoms with Gasteiger partial charge < -0.3 is 14.8 Å². The zero-order chi connectivity index (χ0) is 12.8. The van der Waals surface area contributed by atoms with Crippen molar-refractivity contribution in [2.45, 2.75) is 19.3 Å². The van der Waals surface area contributed by atoms with Gasteiger partial charge in [-0.25, -0.2) is 0 Å². The van der Waals surface area contributed by atoms with Crippen LogP contribution in [-0.2, 0) is 9.47 Å². The highest BCUT2D eigenvalue weighted by Gasteiger charge is 2.18. The molecule has 1 aromatic carbocycles. The lowest BCUT2D eigenvalue weighted by atomic mass is 10.2. The quantitative estimate of drug-likeness (QED) is 0.848. The van der Waals surface area contributed by atoms with E-state index in [1.807, 2.05) is 19.1 Å². The first kappa shape index (κ1) is 14.2. The van der Waals surface area contributed by atoms with Crippen LogP contribution in [0.3, 0.4) is 0 Å². The Morgan fingerprint density at radius 2 is 2.00 bits per heavy atom. The van der Waals surface area contributed by atoms with E-state index >= 15 is 0 Å². The summed E-state index contributed by atoms with van der Waals surface area (Å²) >= 11 is 3.32. The van der Waals surface area contributed by atoms with Crippen molar-refractivity contribution in [3.05, 3.63) is 34.3 Å². The lowest BCUT2D eigenvalue weighted by Gasteiger charge is -2.22. The molecule has 1 unspecified atom stereocenters. The summed E-state index contributed by atoms with van der Waals surface area (Å²) in [5.74, 6) is -0.155. The van der Waals surface area contributed by atoms with Crippen molar-refractivity contribution in [3.63, 3.8) is 0 Å². The Kier molecular flexibility index (Phi) is 5.61. The van der Waals surface area contributed by atoms with E-state index in [4.69, 9.17) is 9.47 Å². The number of ether oxygens (including phenoxy) is 2. The van der Waals surface area contributed by atoms with Crippen LogP contribution in [0.25, 0.3) is 0 Å². The van der Waals surface area contributed by atoms with Crippen LogP contribution >= 0.6 is 15.9 Å². The molecule has 1 aromatic rings. The Morgan fingerprint density at radius 1 is 1.35 bits per heavy atom. The summed E-state index contributed by atoms with van der Waals surface area (Å²) < 4.78 is 11.0. The molecule has 0 saturated heterocycles. The number of nitrogens with one attached hydrogen (secondary N) is 1. The molecular weight excluding hydrogens is 286 g/mol. The molecule has 17 heavy (non-hydrogen) atoms. The second-order valence-corrected chi connectivity index (χ2v) is 4.53. The van der Waals surface area contributed by atoms with Gasteiger partial charge in [0.1, 0.15) is 0 Å². The molecule has 0 heterocycles. The summed E-state index contributed by atoms with van der Waals surface area (Å²) in [6.07, 6.45) is -0.453. The Morgan fingerprint density at radius 3 is 2.53 bits per heavy atom. The topological polar surface area (TPSA) is 47.6 Å². The molecule has 0 aliphatic carbocycles. The predicted octanol–water partition coefficient (Wildman–Crippen LogP) is 2.19. The van der Waals surface area contributed by atoms with Gasteiger partial charge in [0.2, 0.25) is 0 Å². The average molecular weight is 302 g/mol. The minimum atomic E-state index is -0.453. The Bertz CT molecular complexity index is 380. The van der Waals surface area contributed by atoms with Crippen LogP contribution in [0.2, 0.25) is 0 Å². The molecule has 0 aliphatic heterocycles. The van der Waals surface area contributed by atoms with Gasteiger partial charge in [0.05, 0.1) is 6.04 Å². The molecule has 0 saturated carbocycles. The fourth-order valence-electron chi connectivity index (χ4n) is 1.49. The van der Waals surface area contributed by atoms with Crippen LogP contribution in [0, 0.1) is 0 Å². The maximum Gasteiger partial charge on any atom is 0.251 e. The number of benzene rings is 1. The van der Waals surface area contributed by atoms with Crippen molar-refractivity contribution < 1.29 is 14.3 Å². The highest BCUT2D eigenvalue weighted by atomic mass is 79.9. The van der Waals surface area contributed by atoms with Crippen LogP contribution in [-0.4, -0.2) is 32.5 Å². The normalized spacial score (nSPS) is 12.5. The van der Waals surface area contributed by atoms with E-state index < -0.39 is 6.29 Å². The van der Waals surface area contributed by atoms with Gasteiger partial charge >= 0.3 is 0 Å². The number of rotatable bonds is 5. The van der Waals surface area contributed by atoms with Crippen molar-refractivity contribution in [1.82, 2.24) is 5.32 Å². The first-order valence-corrected chi connectivity index (χ1v) is 5.99. The van der Waals surface area contributed by atoms with Gasteiger partial charge in [0.25, 0.3) is 5.91 Å². The summed E-state index contributed by atoms with van der Waals surface area (Å²) in [6.45, 7) is 1.83. The molecule has 0 fully saturated rings. The molecule has 4 nitrogen and oxygen atoms in total. The van der Waals surface area contributed by atoms with Crippen molar-refractivity contribution >= 4 is 21.8 Å². The molecule has 1 N–H and O–H groups in total. The van der Waals surface area contributed by atoms with Crippen molar-refractivity contribution in [1.29, 1.82) is 0 Å². The fourth-order valence-corrected chi connectivity index (χ4v) is 1.89. The van der Waals surface area contributed by atoms with E-state index in [1.165, 1.54) is 14.2 Å². The maximum atomic E-state index is 11.9. The molecule has 0 aliphatic rings. The average Bonchev–Trinajstić information content (AvgIpc) is 2.30. The van der Waals surface area contributed by atoms with E-state index in [1.54, 1.807) is 12.1 Å². The van der Waals surface area contributed by atoms with E-state index in [9.17, 15) is 4.79 Å². The minimum absolute atomic E-state index is 0.155. The van der Waals surface area contributed by atoms with Crippen molar-refractivity contribution in [2.75, 3.05) is 14.2 Å². The Labute approximate surface area is 109 Å². The SMILES string of the molecule is COC(OC)C(C)NC(=O)c1cccc(Br)c1.